The first-order chi connectivity index (χ1) is 18.4. The molecule has 2 saturated heterocycles. The van der Waals surface area contributed by atoms with Gasteiger partial charge in [-0.1, -0.05) is 0 Å². The monoisotopic (exact) mass is 641 g/mol. The number of fused-ring (bicyclic) bond motifs is 1. The Labute approximate surface area is 220 Å². The number of aliphatic hydroxyl groups is 4. The maximum absolute atomic E-state index is 14.5. The zero-order valence-electron chi connectivity index (χ0n) is 19.5. The molecule has 0 bridgehead atoms. The van der Waals surface area contributed by atoms with Crippen LogP contribution in [-0.4, -0.2) is 109 Å². The van der Waals surface area contributed by atoms with Crippen molar-refractivity contribution in [2.24, 2.45) is 0 Å². The Kier molecular flexibility index (Phi) is 8.84. The highest BCUT2D eigenvalue weighted by Crippen LogP contribution is 2.66. The molecule has 2 aromatic rings. The highest BCUT2D eigenvalue weighted by Gasteiger charge is 2.48. The SMILES string of the molecule is N=c1c2ncn([C@@H]3O[C@H](COP(=O)(O)OP(=O)(O)OP(=O)(O)O)[C@@H](O)[C@H]3O)c2ncn1[C@@H]1O[C@H](CO)[C@@H](O)[C@@H]1F. The van der Waals surface area contributed by atoms with Crippen molar-refractivity contribution in [3.63, 3.8) is 0 Å². The van der Waals surface area contributed by atoms with Crippen LogP contribution in [0.4, 0.5) is 4.39 Å². The number of phosphoric acid groups is 3. The number of aliphatic hydroxyl groups excluding tert-OH is 4. The highest BCUT2D eigenvalue weighted by molar-refractivity contribution is 7.66. The van der Waals surface area contributed by atoms with E-state index in [2.05, 4.69) is 23.1 Å². The summed E-state index contributed by atoms with van der Waals surface area (Å²) in [5.74, 6) is 0. The largest absolute Gasteiger partial charge is 0.490 e. The van der Waals surface area contributed by atoms with Crippen LogP contribution in [0.25, 0.3) is 11.2 Å². The third-order valence-corrected chi connectivity index (χ3v) is 9.53. The number of alkyl halides is 1. The van der Waals surface area contributed by atoms with Crippen molar-refractivity contribution in [3.05, 3.63) is 18.1 Å². The number of ether oxygens (including phenoxy) is 2. The van der Waals surface area contributed by atoms with E-state index in [9.17, 15) is 48.3 Å². The summed E-state index contributed by atoms with van der Waals surface area (Å²) in [4.78, 5) is 43.9. The summed E-state index contributed by atoms with van der Waals surface area (Å²) >= 11 is 0. The summed E-state index contributed by atoms with van der Waals surface area (Å²) in [5, 5.41) is 48.3. The normalized spacial score (nSPS) is 34.2. The van der Waals surface area contributed by atoms with Gasteiger partial charge in [0.25, 0.3) is 0 Å². The maximum Gasteiger partial charge on any atom is 0.490 e. The van der Waals surface area contributed by atoms with E-state index >= 15 is 0 Å². The number of hydrogen-bond acceptors (Lipinski definition) is 15. The minimum atomic E-state index is -5.79. The van der Waals surface area contributed by atoms with Gasteiger partial charge in [0.15, 0.2) is 35.3 Å². The van der Waals surface area contributed by atoms with Crippen LogP contribution in [0.2, 0.25) is 0 Å². The molecule has 226 valence electrons. The fourth-order valence-electron chi connectivity index (χ4n) is 3.97. The molecule has 0 aromatic carbocycles. The van der Waals surface area contributed by atoms with Crippen molar-refractivity contribution >= 4 is 34.6 Å². The van der Waals surface area contributed by atoms with Crippen molar-refractivity contribution < 1.29 is 80.7 Å². The Bertz CT molecular complexity index is 1450. The molecule has 0 spiro atoms. The summed E-state index contributed by atoms with van der Waals surface area (Å²) in [6, 6.07) is 0. The summed E-state index contributed by atoms with van der Waals surface area (Å²) < 4.78 is 72.9. The number of nitrogens with zero attached hydrogens (tertiary/aromatic N) is 4. The topological polar surface area (TPSA) is 319 Å². The molecule has 0 aliphatic carbocycles. The summed E-state index contributed by atoms with van der Waals surface area (Å²) in [5.41, 5.74) is -0.722. The van der Waals surface area contributed by atoms with E-state index in [0.29, 0.717) is 0 Å². The molecular formula is C15H23FN5O16P3. The van der Waals surface area contributed by atoms with Crippen molar-refractivity contribution in [1.29, 1.82) is 5.41 Å². The molecule has 2 aliphatic heterocycles. The number of halogens is 1. The van der Waals surface area contributed by atoms with Gasteiger partial charge in [-0.25, -0.2) is 28.1 Å². The number of hydrogen-bond donors (Lipinski definition) is 9. The lowest BCUT2D eigenvalue weighted by molar-refractivity contribution is -0.0509. The van der Waals surface area contributed by atoms with Crippen LogP contribution in [0, 0.1) is 5.41 Å². The average Bonchev–Trinajstić information content (AvgIpc) is 3.46. The van der Waals surface area contributed by atoms with Gasteiger partial charge in [-0.3, -0.25) is 19.1 Å². The van der Waals surface area contributed by atoms with Crippen molar-refractivity contribution in [2.75, 3.05) is 13.2 Å². The zero-order valence-corrected chi connectivity index (χ0v) is 22.2. The smallest absolute Gasteiger partial charge is 0.394 e. The van der Waals surface area contributed by atoms with Gasteiger partial charge in [0.2, 0.25) is 0 Å². The summed E-state index contributed by atoms with van der Waals surface area (Å²) in [7, 11) is -16.9. The standard InChI is InChI=1S/C15H23FN5O16P3/c16-7-9(23)5(1-22)34-14(7)20-4-19-13-8(12(20)17)18-3-21(13)15-11(25)10(24)6(35-15)2-33-39(29,30)37-40(31,32)36-38(26,27)28/h3-7,9-11,14-15,17,22-25H,1-2H2,(H,29,30)(H,31,32)(H2,26,27,28)/t5-,6-,7+,9-,10-,11-,14-,15-/m1/s1. The number of imidazole rings is 1. The van der Waals surface area contributed by atoms with E-state index in [0.717, 1.165) is 21.8 Å². The van der Waals surface area contributed by atoms with Crippen LogP contribution in [-0.2, 0) is 36.3 Å². The zero-order chi connectivity index (χ0) is 29.8. The lowest BCUT2D eigenvalue weighted by atomic mass is 10.1. The first kappa shape index (κ1) is 31.4. The van der Waals surface area contributed by atoms with Gasteiger partial charge in [0, 0.05) is 0 Å². The van der Waals surface area contributed by atoms with Crippen LogP contribution in [0.1, 0.15) is 12.5 Å². The van der Waals surface area contributed by atoms with Gasteiger partial charge < -0.3 is 49.5 Å². The second-order valence-corrected chi connectivity index (χ2v) is 12.9. The van der Waals surface area contributed by atoms with Crippen LogP contribution in [0.15, 0.2) is 12.7 Å². The number of rotatable bonds is 10. The molecular weight excluding hydrogens is 618 g/mol. The molecule has 25 heteroatoms. The van der Waals surface area contributed by atoms with Gasteiger partial charge in [0.05, 0.1) is 19.5 Å². The van der Waals surface area contributed by atoms with Crippen LogP contribution in [0.5, 0.6) is 0 Å². The van der Waals surface area contributed by atoms with E-state index in [1.165, 1.54) is 0 Å². The second kappa shape index (κ2) is 11.3. The Morgan fingerprint density at radius 1 is 0.900 bits per heavy atom. The van der Waals surface area contributed by atoms with E-state index in [4.69, 9.17) is 24.7 Å². The molecule has 2 unspecified atom stereocenters. The molecule has 4 heterocycles. The van der Waals surface area contributed by atoms with Crippen LogP contribution >= 0.6 is 23.5 Å². The fourth-order valence-corrected chi connectivity index (χ4v) is 7.00. The minimum absolute atomic E-state index is 0.112. The van der Waals surface area contributed by atoms with Crippen molar-refractivity contribution in [3.8, 4) is 0 Å². The number of nitrogens with one attached hydrogen (secondary N) is 1. The lowest BCUT2D eigenvalue weighted by Crippen LogP contribution is -2.34. The van der Waals surface area contributed by atoms with E-state index < -0.39 is 91.3 Å². The van der Waals surface area contributed by atoms with Crippen molar-refractivity contribution in [1.82, 2.24) is 19.1 Å². The first-order valence-electron chi connectivity index (χ1n) is 10.8. The molecule has 10 atom stereocenters. The molecule has 2 aromatic heterocycles. The van der Waals surface area contributed by atoms with E-state index in [-0.39, 0.29) is 11.2 Å². The molecule has 2 fully saturated rings. The van der Waals surface area contributed by atoms with Gasteiger partial charge in [-0.15, -0.1) is 0 Å². The summed E-state index contributed by atoms with van der Waals surface area (Å²) in [6.07, 6.45) is -11.1. The predicted molar refractivity (Wildman–Crippen MR) is 119 cm³/mol. The van der Waals surface area contributed by atoms with E-state index in [1.54, 1.807) is 0 Å². The number of phosphoric ester groups is 1. The molecule has 0 radical (unpaired) electrons. The predicted octanol–water partition coefficient (Wildman–Crippen LogP) is -2.74. The van der Waals surface area contributed by atoms with E-state index in [1.807, 2.05) is 0 Å². The minimum Gasteiger partial charge on any atom is -0.394 e. The maximum atomic E-state index is 14.5. The Morgan fingerprint density at radius 3 is 2.12 bits per heavy atom. The Hall–Kier alpha value is -1.55. The van der Waals surface area contributed by atoms with Crippen LogP contribution < -0.4 is 5.49 Å². The molecule has 9 N–H and O–H groups in total. The molecule has 21 nitrogen and oxygen atoms in total. The van der Waals surface area contributed by atoms with Crippen molar-refractivity contribution in [2.45, 2.75) is 49.1 Å². The lowest BCUT2D eigenvalue weighted by Gasteiger charge is -2.19. The van der Waals surface area contributed by atoms with Crippen LogP contribution in [0.3, 0.4) is 0 Å². The molecule has 0 amide bonds. The fraction of sp³-hybridized carbons (Fsp3) is 0.667. The molecule has 0 saturated carbocycles. The molecule has 4 rings (SSSR count). The Balaban J connectivity index is 1.49. The van der Waals surface area contributed by atoms with Gasteiger partial charge in [-0.2, -0.15) is 8.62 Å². The third kappa shape index (κ3) is 6.42. The van der Waals surface area contributed by atoms with Gasteiger partial charge in [0.1, 0.15) is 36.8 Å². The average molecular weight is 641 g/mol. The molecule has 2 aliphatic rings. The Morgan fingerprint density at radius 2 is 1.52 bits per heavy atom. The van der Waals surface area contributed by atoms with Gasteiger partial charge in [-0.05, 0) is 0 Å². The molecule has 40 heavy (non-hydrogen) atoms. The highest BCUT2D eigenvalue weighted by atomic mass is 31.3. The third-order valence-electron chi connectivity index (χ3n) is 5.73. The summed E-state index contributed by atoms with van der Waals surface area (Å²) in [6.45, 7) is -1.74. The number of aromatic nitrogens is 4. The van der Waals surface area contributed by atoms with Gasteiger partial charge >= 0.3 is 23.5 Å². The second-order valence-electron chi connectivity index (χ2n) is 8.44. The quantitative estimate of drug-likeness (QED) is 0.119. The first-order valence-corrected chi connectivity index (χ1v) is 15.3.